The van der Waals surface area contributed by atoms with Gasteiger partial charge in [-0.3, -0.25) is 9.69 Å². The number of hydrogen-bond acceptors (Lipinski definition) is 6. The van der Waals surface area contributed by atoms with Gasteiger partial charge in [0.25, 0.3) is 5.91 Å². The third-order valence-corrected chi connectivity index (χ3v) is 5.52. The van der Waals surface area contributed by atoms with Crippen molar-refractivity contribution in [2.24, 2.45) is 0 Å². The molecule has 1 amide bonds. The minimum absolute atomic E-state index is 0.131. The van der Waals surface area contributed by atoms with Crippen LogP contribution in [-0.4, -0.2) is 22.5 Å². The number of carbonyl (C=O) groups excluding carboxylic acids is 1. The van der Waals surface area contributed by atoms with Crippen LogP contribution in [0.3, 0.4) is 0 Å². The van der Waals surface area contributed by atoms with Crippen LogP contribution in [0.1, 0.15) is 32.1 Å². The Morgan fingerprint density at radius 2 is 2.19 bits per heavy atom. The Kier molecular flexibility index (Phi) is 4.52. The third-order valence-electron chi connectivity index (χ3n) is 4.39. The average Bonchev–Trinajstić information content (AvgIpc) is 3.29. The molecule has 1 aromatic carbocycles. The second-order valence-electron chi connectivity index (χ2n) is 6.10. The predicted molar refractivity (Wildman–Crippen MR) is 97.8 cm³/mol. The molecule has 26 heavy (non-hydrogen) atoms. The molecule has 130 valence electrons. The summed E-state index contributed by atoms with van der Waals surface area (Å²) in [7, 11) is 0. The summed E-state index contributed by atoms with van der Waals surface area (Å²) in [5.74, 6) is -0.260. The minimum atomic E-state index is -0.390. The number of nitrogens with one attached hydrogen (secondary N) is 1. The SMILES string of the molecule is N#Cc1c(NC(=O)c2ccno2)sc2c1CCN(Cc1ccccc1)C2. The fourth-order valence-electron chi connectivity index (χ4n) is 3.14. The van der Waals surface area contributed by atoms with Crippen LogP contribution in [0.25, 0.3) is 0 Å². The topological polar surface area (TPSA) is 82.2 Å². The standard InChI is InChI=1S/C19H16N4O2S/c20-10-15-14-7-9-23(11-13-4-2-1-3-5-13)12-17(14)26-19(15)22-18(24)16-6-8-21-25-16/h1-6,8H,7,9,11-12H2,(H,22,24). The molecule has 0 aliphatic carbocycles. The van der Waals surface area contributed by atoms with Gasteiger partial charge < -0.3 is 9.84 Å². The Bertz CT molecular complexity index is 958. The van der Waals surface area contributed by atoms with E-state index in [0.29, 0.717) is 10.6 Å². The molecule has 0 saturated heterocycles. The quantitative estimate of drug-likeness (QED) is 0.767. The maximum Gasteiger partial charge on any atom is 0.294 e. The fraction of sp³-hybridized carbons (Fsp3) is 0.211. The van der Waals surface area contributed by atoms with Crippen molar-refractivity contribution in [1.29, 1.82) is 5.26 Å². The normalized spacial score (nSPS) is 13.8. The fourth-order valence-corrected chi connectivity index (χ4v) is 4.37. The van der Waals surface area contributed by atoms with Crippen LogP contribution in [0, 0.1) is 11.3 Å². The molecule has 7 heteroatoms. The van der Waals surface area contributed by atoms with E-state index in [-0.39, 0.29) is 5.76 Å². The lowest BCUT2D eigenvalue weighted by atomic mass is 10.0. The summed E-state index contributed by atoms with van der Waals surface area (Å²) in [6.07, 6.45) is 2.22. The van der Waals surface area contributed by atoms with E-state index in [1.54, 1.807) is 0 Å². The summed E-state index contributed by atoms with van der Waals surface area (Å²) in [5, 5.41) is 16.5. The summed E-state index contributed by atoms with van der Waals surface area (Å²) in [6.45, 7) is 2.55. The molecule has 0 bridgehead atoms. The van der Waals surface area contributed by atoms with Crippen molar-refractivity contribution in [3.05, 3.63) is 69.9 Å². The van der Waals surface area contributed by atoms with Gasteiger partial charge in [-0.2, -0.15) is 5.26 Å². The first-order chi connectivity index (χ1) is 12.7. The number of benzene rings is 1. The molecule has 1 aliphatic heterocycles. The van der Waals surface area contributed by atoms with Crippen molar-refractivity contribution in [3.8, 4) is 6.07 Å². The molecule has 1 aliphatic rings. The molecule has 0 spiro atoms. The number of fused-ring (bicyclic) bond motifs is 1. The number of hydrogen-bond donors (Lipinski definition) is 1. The molecule has 0 radical (unpaired) electrons. The number of aromatic nitrogens is 1. The van der Waals surface area contributed by atoms with Gasteiger partial charge in [0.2, 0.25) is 5.76 Å². The highest BCUT2D eigenvalue weighted by Crippen LogP contribution is 2.37. The van der Waals surface area contributed by atoms with Gasteiger partial charge in [-0.25, -0.2) is 0 Å². The van der Waals surface area contributed by atoms with Crippen molar-refractivity contribution in [1.82, 2.24) is 10.1 Å². The first-order valence-corrected chi connectivity index (χ1v) is 9.09. The molecular weight excluding hydrogens is 348 g/mol. The second kappa shape index (κ2) is 7.12. The van der Waals surface area contributed by atoms with E-state index in [0.717, 1.165) is 36.5 Å². The lowest BCUT2D eigenvalue weighted by molar-refractivity contribution is 0.0988. The Labute approximate surface area is 154 Å². The molecular formula is C19H16N4O2S. The van der Waals surface area contributed by atoms with Crippen molar-refractivity contribution >= 4 is 22.2 Å². The molecule has 4 rings (SSSR count). The summed E-state index contributed by atoms with van der Waals surface area (Å²) < 4.78 is 4.88. The zero-order valence-electron chi connectivity index (χ0n) is 13.9. The molecule has 0 fully saturated rings. The van der Waals surface area contributed by atoms with Crippen molar-refractivity contribution < 1.29 is 9.32 Å². The van der Waals surface area contributed by atoms with E-state index in [4.69, 9.17) is 4.52 Å². The number of rotatable bonds is 4. The maximum atomic E-state index is 12.2. The Balaban J connectivity index is 1.53. The highest BCUT2D eigenvalue weighted by Gasteiger charge is 2.26. The first kappa shape index (κ1) is 16.5. The largest absolute Gasteiger partial charge is 0.351 e. The zero-order valence-corrected chi connectivity index (χ0v) is 14.8. The molecule has 6 nitrogen and oxygen atoms in total. The van der Waals surface area contributed by atoms with Crippen LogP contribution in [-0.2, 0) is 19.5 Å². The van der Waals surface area contributed by atoms with E-state index < -0.39 is 5.91 Å². The Morgan fingerprint density at radius 1 is 1.35 bits per heavy atom. The van der Waals surface area contributed by atoms with Crippen LogP contribution in [0.4, 0.5) is 5.00 Å². The molecule has 0 unspecified atom stereocenters. The lowest BCUT2D eigenvalue weighted by Gasteiger charge is -2.26. The van der Waals surface area contributed by atoms with E-state index in [1.807, 2.05) is 18.2 Å². The van der Waals surface area contributed by atoms with Gasteiger partial charge in [0, 0.05) is 30.6 Å². The lowest BCUT2D eigenvalue weighted by Crippen LogP contribution is -2.29. The summed E-state index contributed by atoms with van der Waals surface area (Å²) in [6, 6.07) is 14.1. The maximum absolute atomic E-state index is 12.2. The van der Waals surface area contributed by atoms with Gasteiger partial charge in [-0.1, -0.05) is 35.5 Å². The minimum Gasteiger partial charge on any atom is -0.351 e. The van der Waals surface area contributed by atoms with Crippen LogP contribution >= 0.6 is 11.3 Å². The van der Waals surface area contributed by atoms with Crippen molar-refractivity contribution in [2.75, 3.05) is 11.9 Å². The summed E-state index contributed by atoms with van der Waals surface area (Å²) in [5.41, 5.74) is 2.89. The molecule has 0 saturated carbocycles. The highest BCUT2D eigenvalue weighted by atomic mass is 32.1. The molecule has 3 aromatic rings. The van der Waals surface area contributed by atoms with Crippen LogP contribution in [0.5, 0.6) is 0 Å². The second-order valence-corrected chi connectivity index (χ2v) is 7.20. The molecule has 3 heterocycles. The van der Waals surface area contributed by atoms with Crippen molar-refractivity contribution in [3.63, 3.8) is 0 Å². The Hall–Kier alpha value is -2.95. The van der Waals surface area contributed by atoms with Gasteiger partial charge in [0.15, 0.2) is 0 Å². The number of carbonyl (C=O) groups is 1. The summed E-state index contributed by atoms with van der Waals surface area (Å²) in [4.78, 5) is 15.7. The van der Waals surface area contributed by atoms with Gasteiger partial charge in [-0.05, 0) is 17.5 Å². The van der Waals surface area contributed by atoms with Crippen molar-refractivity contribution in [2.45, 2.75) is 19.5 Å². The monoisotopic (exact) mass is 364 g/mol. The van der Waals surface area contributed by atoms with E-state index in [2.05, 4.69) is 33.6 Å². The molecule has 0 atom stereocenters. The number of thiophene rings is 1. The molecule has 2 aromatic heterocycles. The van der Waals surface area contributed by atoms with Crippen LogP contribution in [0.15, 0.2) is 47.1 Å². The van der Waals surface area contributed by atoms with Gasteiger partial charge in [-0.15, -0.1) is 11.3 Å². The first-order valence-electron chi connectivity index (χ1n) is 8.27. The summed E-state index contributed by atoms with van der Waals surface area (Å²) >= 11 is 1.47. The van der Waals surface area contributed by atoms with Crippen LogP contribution in [0.2, 0.25) is 0 Å². The van der Waals surface area contributed by atoms with Gasteiger partial charge in [0.1, 0.15) is 11.1 Å². The Morgan fingerprint density at radius 3 is 2.92 bits per heavy atom. The number of anilines is 1. The predicted octanol–water partition coefficient (Wildman–Crippen LogP) is 3.42. The highest BCUT2D eigenvalue weighted by molar-refractivity contribution is 7.16. The van der Waals surface area contributed by atoms with E-state index >= 15 is 0 Å². The number of nitriles is 1. The van der Waals surface area contributed by atoms with Gasteiger partial charge >= 0.3 is 0 Å². The number of nitrogens with zero attached hydrogens (tertiary/aromatic N) is 3. The number of amides is 1. The smallest absolute Gasteiger partial charge is 0.294 e. The zero-order chi connectivity index (χ0) is 17.9. The average molecular weight is 364 g/mol. The van der Waals surface area contributed by atoms with Gasteiger partial charge in [0.05, 0.1) is 11.8 Å². The van der Waals surface area contributed by atoms with E-state index in [1.165, 1.54) is 29.2 Å². The third kappa shape index (κ3) is 3.25. The van der Waals surface area contributed by atoms with Crippen LogP contribution < -0.4 is 5.32 Å². The molecule has 1 N–H and O–H groups in total. The van der Waals surface area contributed by atoms with E-state index in [9.17, 15) is 10.1 Å².